The Morgan fingerprint density at radius 3 is 2.57 bits per heavy atom. The highest BCUT2D eigenvalue weighted by Gasteiger charge is 2.22. The Morgan fingerprint density at radius 2 is 1.89 bits per heavy atom. The van der Waals surface area contributed by atoms with Gasteiger partial charge in [0.2, 0.25) is 0 Å². The lowest BCUT2D eigenvalue weighted by Gasteiger charge is -2.26. The van der Waals surface area contributed by atoms with Crippen LogP contribution in [0.5, 0.6) is 0 Å². The van der Waals surface area contributed by atoms with Gasteiger partial charge >= 0.3 is 0 Å². The van der Waals surface area contributed by atoms with Gasteiger partial charge in [0.15, 0.2) is 0 Å². The van der Waals surface area contributed by atoms with Crippen LogP contribution in [-0.2, 0) is 6.42 Å². The molecule has 5 nitrogen and oxygen atoms in total. The first kappa shape index (κ1) is 20.0. The van der Waals surface area contributed by atoms with Crippen LogP contribution >= 0.6 is 12.4 Å². The minimum absolute atomic E-state index is 0. The zero-order valence-corrected chi connectivity index (χ0v) is 16.9. The van der Waals surface area contributed by atoms with Gasteiger partial charge in [-0.25, -0.2) is 4.68 Å². The zero-order valence-electron chi connectivity index (χ0n) is 16.1. The molecule has 3 aromatic rings. The lowest BCUT2D eigenvalue weighted by atomic mass is 9.87. The van der Waals surface area contributed by atoms with Gasteiger partial charge in [0.05, 0.1) is 17.4 Å². The summed E-state index contributed by atoms with van der Waals surface area (Å²) in [4.78, 5) is 12.8. The molecule has 146 valence electrons. The maximum absolute atomic E-state index is 12.8. The second-order valence-electron chi connectivity index (χ2n) is 7.26. The van der Waals surface area contributed by atoms with Crippen LogP contribution in [0, 0.1) is 13.8 Å². The van der Waals surface area contributed by atoms with Crippen molar-refractivity contribution >= 4 is 24.0 Å². The van der Waals surface area contributed by atoms with Crippen molar-refractivity contribution in [2.75, 3.05) is 5.73 Å². The van der Waals surface area contributed by atoms with Crippen molar-refractivity contribution in [2.24, 2.45) is 0 Å². The summed E-state index contributed by atoms with van der Waals surface area (Å²) in [6.07, 6.45) is 3.02. The molecule has 3 N–H and O–H groups in total. The molecule has 0 saturated heterocycles. The largest absolute Gasteiger partial charge is 0.399 e. The Hall–Kier alpha value is -2.79. The van der Waals surface area contributed by atoms with Crippen LogP contribution in [0.2, 0.25) is 0 Å². The van der Waals surface area contributed by atoms with Gasteiger partial charge in [-0.3, -0.25) is 4.79 Å². The minimum atomic E-state index is -0.0513. The summed E-state index contributed by atoms with van der Waals surface area (Å²) >= 11 is 0. The molecule has 1 amide bonds. The highest BCUT2D eigenvalue weighted by atomic mass is 35.5. The van der Waals surface area contributed by atoms with Crippen molar-refractivity contribution in [3.63, 3.8) is 0 Å². The molecule has 1 aromatic heterocycles. The number of nitrogens with one attached hydrogen (secondary N) is 1. The van der Waals surface area contributed by atoms with E-state index in [1.165, 1.54) is 11.1 Å². The summed E-state index contributed by atoms with van der Waals surface area (Å²) < 4.78 is 1.89. The van der Waals surface area contributed by atoms with Gasteiger partial charge in [-0.05, 0) is 86.7 Å². The molecule has 1 unspecified atom stereocenters. The van der Waals surface area contributed by atoms with Gasteiger partial charge < -0.3 is 11.1 Å². The fourth-order valence-corrected chi connectivity index (χ4v) is 3.87. The number of amides is 1. The van der Waals surface area contributed by atoms with E-state index in [0.717, 1.165) is 42.0 Å². The third kappa shape index (κ3) is 3.90. The number of nitrogens with zero attached hydrogens (tertiary/aromatic N) is 2. The molecule has 0 spiro atoms. The van der Waals surface area contributed by atoms with Crippen molar-refractivity contribution in [3.8, 4) is 5.69 Å². The van der Waals surface area contributed by atoms with Crippen LogP contribution in [-0.4, -0.2) is 15.7 Å². The number of carbonyl (C=O) groups is 1. The van der Waals surface area contributed by atoms with E-state index in [4.69, 9.17) is 5.73 Å². The number of aryl methyl sites for hydroxylation is 3. The number of nitrogen functional groups attached to an aromatic ring is 1. The number of anilines is 1. The van der Waals surface area contributed by atoms with Crippen LogP contribution < -0.4 is 11.1 Å². The number of carbonyl (C=O) groups excluding carboxylic acids is 1. The minimum Gasteiger partial charge on any atom is -0.399 e. The maximum Gasteiger partial charge on any atom is 0.251 e. The number of hydrogen-bond donors (Lipinski definition) is 2. The van der Waals surface area contributed by atoms with Gasteiger partial charge in [0.1, 0.15) is 0 Å². The molecule has 1 aliphatic carbocycles. The van der Waals surface area contributed by atoms with Crippen LogP contribution in [0.15, 0.2) is 48.5 Å². The van der Waals surface area contributed by atoms with Gasteiger partial charge in [0, 0.05) is 16.9 Å². The van der Waals surface area contributed by atoms with Crippen molar-refractivity contribution < 1.29 is 4.79 Å². The fourth-order valence-electron chi connectivity index (χ4n) is 3.87. The summed E-state index contributed by atoms with van der Waals surface area (Å²) in [7, 11) is 0. The lowest BCUT2D eigenvalue weighted by Crippen LogP contribution is -2.31. The molecule has 6 heteroatoms. The predicted octanol–water partition coefficient (Wildman–Crippen LogP) is 4.30. The Labute approximate surface area is 171 Å². The summed E-state index contributed by atoms with van der Waals surface area (Å²) in [5.41, 5.74) is 12.8. The van der Waals surface area contributed by atoms with Gasteiger partial charge in [0.25, 0.3) is 5.91 Å². The van der Waals surface area contributed by atoms with E-state index in [1.807, 2.05) is 67.1 Å². The van der Waals surface area contributed by atoms with E-state index >= 15 is 0 Å². The van der Waals surface area contributed by atoms with Crippen molar-refractivity contribution in [1.82, 2.24) is 15.1 Å². The number of nitrogens with two attached hydrogens (primary N) is 1. The Bertz CT molecular complexity index is 994. The predicted molar refractivity (Wildman–Crippen MR) is 114 cm³/mol. The highest BCUT2D eigenvalue weighted by Crippen LogP contribution is 2.31. The molecule has 0 saturated carbocycles. The molecule has 4 rings (SSSR count). The molecule has 2 aromatic carbocycles. The monoisotopic (exact) mass is 396 g/mol. The Kier molecular flexibility index (Phi) is 5.75. The van der Waals surface area contributed by atoms with E-state index in [-0.39, 0.29) is 24.4 Å². The van der Waals surface area contributed by atoms with Crippen molar-refractivity contribution in [3.05, 3.63) is 76.6 Å². The average molecular weight is 397 g/mol. The molecular formula is C22H25ClN4O. The first-order chi connectivity index (χ1) is 13.0. The molecule has 0 bridgehead atoms. The maximum atomic E-state index is 12.8. The molecule has 0 fully saturated rings. The second kappa shape index (κ2) is 8.07. The number of fused-ring (bicyclic) bond motifs is 1. The third-order valence-corrected chi connectivity index (χ3v) is 5.17. The van der Waals surface area contributed by atoms with E-state index in [9.17, 15) is 4.79 Å². The molecule has 1 heterocycles. The standard InChI is InChI=1S/C22H24N4O.ClH/c1-14-12-15(2)26(25-14)19-9-6-16(7-10-19)22(27)24-21-5-3-4-17-13-18(23)8-11-20(17)21;/h6-13,21H,3-5,23H2,1-2H3,(H,24,27);1H. The van der Waals surface area contributed by atoms with Crippen LogP contribution in [0.4, 0.5) is 5.69 Å². The van der Waals surface area contributed by atoms with E-state index in [2.05, 4.69) is 10.4 Å². The summed E-state index contributed by atoms with van der Waals surface area (Å²) in [5, 5.41) is 7.67. The molecule has 0 radical (unpaired) electrons. The highest BCUT2D eigenvalue weighted by molar-refractivity contribution is 5.94. The Morgan fingerprint density at radius 1 is 1.14 bits per heavy atom. The van der Waals surface area contributed by atoms with Gasteiger partial charge in [-0.2, -0.15) is 5.10 Å². The van der Waals surface area contributed by atoms with Crippen LogP contribution in [0.3, 0.4) is 0 Å². The molecule has 28 heavy (non-hydrogen) atoms. The fraction of sp³-hybridized carbons (Fsp3) is 0.273. The van der Waals surface area contributed by atoms with E-state index in [1.54, 1.807) is 0 Å². The second-order valence-corrected chi connectivity index (χ2v) is 7.26. The van der Waals surface area contributed by atoms with Gasteiger partial charge in [-0.1, -0.05) is 6.07 Å². The first-order valence-electron chi connectivity index (χ1n) is 9.34. The number of benzene rings is 2. The average Bonchev–Trinajstić information content (AvgIpc) is 3.00. The third-order valence-electron chi connectivity index (χ3n) is 5.17. The first-order valence-corrected chi connectivity index (χ1v) is 9.34. The Balaban J connectivity index is 0.00000225. The van der Waals surface area contributed by atoms with E-state index < -0.39 is 0 Å². The van der Waals surface area contributed by atoms with Gasteiger partial charge in [-0.15, -0.1) is 12.4 Å². The topological polar surface area (TPSA) is 72.9 Å². The smallest absolute Gasteiger partial charge is 0.251 e. The molecule has 1 aliphatic rings. The quantitative estimate of drug-likeness (QED) is 0.648. The van der Waals surface area contributed by atoms with Crippen LogP contribution in [0.25, 0.3) is 5.69 Å². The normalized spacial score (nSPS) is 15.4. The molecule has 1 atom stereocenters. The summed E-state index contributed by atoms with van der Waals surface area (Å²) in [6.45, 7) is 3.99. The zero-order chi connectivity index (χ0) is 19.0. The summed E-state index contributed by atoms with van der Waals surface area (Å²) in [6, 6.07) is 15.6. The van der Waals surface area contributed by atoms with Crippen LogP contribution in [0.1, 0.15) is 51.8 Å². The lowest BCUT2D eigenvalue weighted by molar-refractivity contribution is 0.0933. The SMILES string of the molecule is Cc1cc(C)n(-c2ccc(C(=O)NC3CCCc4cc(N)ccc43)cc2)n1.Cl. The summed E-state index contributed by atoms with van der Waals surface area (Å²) in [5.74, 6) is -0.0513. The number of halogens is 1. The van der Waals surface area contributed by atoms with Crippen molar-refractivity contribution in [2.45, 2.75) is 39.2 Å². The van der Waals surface area contributed by atoms with Crippen molar-refractivity contribution in [1.29, 1.82) is 0 Å². The number of hydrogen-bond acceptors (Lipinski definition) is 3. The number of aromatic nitrogens is 2. The number of rotatable bonds is 3. The van der Waals surface area contributed by atoms with E-state index in [0.29, 0.717) is 5.56 Å². The molecular weight excluding hydrogens is 372 g/mol. The molecule has 0 aliphatic heterocycles.